The van der Waals surface area contributed by atoms with Crippen molar-refractivity contribution in [3.8, 4) is 0 Å². The van der Waals surface area contributed by atoms with Crippen molar-refractivity contribution in [2.24, 2.45) is 40.4 Å². The lowest BCUT2D eigenvalue weighted by Gasteiger charge is -2.64. The Morgan fingerprint density at radius 3 is 2.20 bits per heavy atom. The molecule has 0 spiro atoms. The molecule has 41 heavy (non-hydrogen) atoms. The molecule has 4 fully saturated rings. The van der Waals surface area contributed by atoms with Gasteiger partial charge in [-0.25, -0.2) is 0 Å². The van der Waals surface area contributed by atoms with Gasteiger partial charge in [-0.05, 0) is 115 Å². The van der Waals surface area contributed by atoms with Gasteiger partial charge >= 0.3 is 5.97 Å². The SMILES string of the molecule is CC(=O)O[C@H]1CC[C@]2(C)[C@H]3CC[C@@]4(C)[C@H](CC[C@@H]4[C@@H](C)CC=C(c4ccccc4)c4ccccc4)[C@H]3CC[C@]2(Cl)C1. The number of carbonyl (C=O) groups is 1. The highest BCUT2D eigenvalue weighted by molar-refractivity contribution is 6.24. The molecule has 0 N–H and O–H groups in total. The van der Waals surface area contributed by atoms with Crippen molar-refractivity contribution < 1.29 is 9.53 Å². The van der Waals surface area contributed by atoms with E-state index in [2.05, 4.69) is 87.5 Å². The maximum absolute atomic E-state index is 11.7. The zero-order valence-corrected chi connectivity index (χ0v) is 26.3. The van der Waals surface area contributed by atoms with Crippen molar-refractivity contribution in [1.82, 2.24) is 0 Å². The maximum Gasteiger partial charge on any atom is 0.302 e. The molecule has 4 aliphatic rings. The molecule has 0 bridgehead atoms. The van der Waals surface area contributed by atoms with Crippen molar-refractivity contribution in [3.05, 3.63) is 77.9 Å². The molecule has 0 aromatic heterocycles. The van der Waals surface area contributed by atoms with E-state index in [0.717, 1.165) is 49.9 Å². The summed E-state index contributed by atoms with van der Waals surface area (Å²) in [6.07, 6.45) is 14.2. The molecule has 0 radical (unpaired) electrons. The van der Waals surface area contributed by atoms with Crippen LogP contribution in [0.5, 0.6) is 0 Å². The van der Waals surface area contributed by atoms with E-state index in [0.29, 0.717) is 17.3 Å². The number of hydrogen-bond acceptors (Lipinski definition) is 2. The van der Waals surface area contributed by atoms with Crippen LogP contribution in [0.25, 0.3) is 5.57 Å². The summed E-state index contributed by atoms with van der Waals surface area (Å²) in [5.74, 6) is 3.56. The standard InChI is InChI=1S/C38H49ClO2/c1-26(15-16-31(28-11-7-5-8-12-28)29-13-9-6-10-14-29)33-17-18-34-32-20-24-38(39)25-30(41-27(2)40)19-23-37(38,4)35(32)21-22-36(33,34)3/h5-14,16,26,30,32-35H,15,17-25H2,1-4H3/t26-,30-,32+,33+,34+,35-,36+,37+,38-/m0/s1. The van der Waals surface area contributed by atoms with Crippen LogP contribution in [-0.2, 0) is 9.53 Å². The zero-order valence-electron chi connectivity index (χ0n) is 25.6. The summed E-state index contributed by atoms with van der Waals surface area (Å²) in [5, 5.41) is 0. The molecule has 6 rings (SSSR count). The van der Waals surface area contributed by atoms with Gasteiger partial charge in [-0.15, -0.1) is 11.6 Å². The van der Waals surface area contributed by atoms with E-state index in [1.807, 2.05) is 0 Å². The number of benzene rings is 2. The van der Waals surface area contributed by atoms with E-state index in [1.165, 1.54) is 55.7 Å². The normalized spacial score (nSPS) is 38.6. The van der Waals surface area contributed by atoms with E-state index in [4.69, 9.17) is 16.3 Å². The molecular formula is C38H49ClO2. The third-order valence-corrected chi connectivity index (χ3v) is 13.4. The minimum absolute atomic E-state index is 0.00934. The summed E-state index contributed by atoms with van der Waals surface area (Å²) >= 11 is 7.55. The zero-order chi connectivity index (χ0) is 28.8. The van der Waals surface area contributed by atoms with E-state index < -0.39 is 0 Å². The van der Waals surface area contributed by atoms with Gasteiger partial charge < -0.3 is 4.74 Å². The number of rotatable bonds is 6. The third kappa shape index (κ3) is 5.11. The number of halogens is 1. The van der Waals surface area contributed by atoms with Crippen LogP contribution < -0.4 is 0 Å². The molecule has 2 aromatic rings. The molecule has 0 saturated heterocycles. The van der Waals surface area contributed by atoms with Gasteiger partial charge in [0.15, 0.2) is 0 Å². The molecule has 220 valence electrons. The smallest absolute Gasteiger partial charge is 0.302 e. The molecule has 4 aliphatic carbocycles. The first-order valence-corrected chi connectivity index (χ1v) is 16.7. The first-order chi connectivity index (χ1) is 19.6. The summed E-state index contributed by atoms with van der Waals surface area (Å²) < 4.78 is 5.68. The first-order valence-electron chi connectivity index (χ1n) is 16.3. The van der Waals surface area contributed by atoms with Crippen molar-refractivity contribution in [3.63, 3.8) is 0 Å². The molecule has 2 nitrogen and oxygen atoms in total. The fourth-order valence-electron chi connectivity index (χ4n) is 10.6. The predicted octanol–water partition coefficient (Wildman–Crippen LogP) is 10.1. The minimum atomic E-state index is -0.234. The highest BCUT2D eigenvalue weighted by Crippen LogP contribution is 2.70. The summed E-state index contributed by atoms with van der Waals surface area (Å²) in [7, 11) is 0. The number of ether oxygens (including phenoxy) is 1. The molecule has 0 amide bonds. The van der Waals surface area contributed by atoms with Gasteiger partial charge in [-0.1, -0.05) is 87.5 Å². The number of allylic oxidation sites excluding steroid dienone is 1. The average molecular weight is 573 g/mol. The Balaban J connectivity index is 1.19. The number of alkyl halides is 1. The molecule has 0 unspecified atom stereocenters. The van der Waals surface area contributed by atoms with Crippen LogP contribution in [0.4, 0.5) is 0 Å². The summed E-state index contributed by atoms with van der Waals surface area (Å²) in [6, 6.07) is 21.8. The van der Waals surface area contributed by atoms with Gasteiger partial charge in [-0.2, -0.15) is 0 Å². The van der Waals surface area contributed by atoms with E-state index in [9.17, 15) is 4.79 Å². The van der Waals surface area contributed by atoms with Crippen LogP contribution in [0.3, 0.4) is 0 Å². The fraction of sp³-hybridized carbons (Fsp3) is 0.605. The molecule has 0 heterocycles. The third-order valence-electron chi connectivity index (χ3n) is 12.6. The lowest BCUT2D eigenvalue weighted by molar-refractivity contribution is -0.157. The summed E-state index contributed by atoms with van der Waals surface area (Å²) in [4.78, 5) is 11.5. The van der Waals surface area contributed by atoms with Gasteiger partial charge in [0.25, 0.3) is 0 Å². The number of carbonyl (C=O) groups excluding carboxylic acids is 1. The Morgan fingerprint density at radius 2 is 1.56 bits per heavy atom. The van der Waals surface area contributed by atoms with E-state index in [-0.39, 0.29) is 22.4 Å². The van der Waals surface area contributed by atoms with Crippen LogP contribution in [0.1, 0.15) is 103 Å². The van der Waals surface area contributed by atoms with E-state index >= 15 is 0 Å². The van der Waals surface area contributed by atoms with E-state index in [1.54, 1.807) is 0 Å². The van der Waals surface area contributed by atoms with Crippen LogP contribution in [0.15, 0.2) is 66.7 Å². The van der Waals surface area contributed by atoms with Gasteiger partial charge in [0.2, 0.25) is 0 Å². The molecule has 2 aromatic carbocycles. The van der Waals surface area contributed by atoms with Crippen LogP contribution in [0.2, 0.25) is 0 Å². The van der Waals surface area contributed by atoms with Crippen LogP contribution in [-0.4, -0.2) is 16.9 Å². The Kier molecular flexibility index (Phi) is 7.94. The predicted molar refractivity (Wildman–Crippen MR) is 170 cm³/mol. The molecule has 9 atom stereocenters. The highest BCUT2D eigenvalue weighted by Gasteiger charge is 2.64. The molecule has 0 aliphatic heterocycles. The first kappa shape index (κ1) is 29.0. The number of hydrogen-bond donors (Lipinski definition) is 0. The second-order valence-electron chi connectivity index (χ2n) is 14.6. The lowest BCUT2D eigenvalue weighted by atomic mass is 9.44. The summed E-state index contributed by atoms with van der Waals surface area (Å²) in [5.41, 5.74) is 4.55. The molecule has 3 heteroatoms. The second kappa shape index (κ2) is 11.2. The van der Waals surface area contributed by atoms with Crippen molar-refractivity contribution in [1.29, 1.82) is 0 Å². The van der Waals surface area contributed by atoms with Gasteiger partial charge in [0, 0.05) is 13.3 Å². The second-order valence-corrected chi connectivity index (χ2v) is 15.3. The Morgan fingerprint density at radius 1 is 0.902 bits per heavy atom. The summed E-state index contributed by atoms with van der Waals surface area (Å²) in [6.45, 7) is 9.21. The highest BCUT2D eigenvalue weighted by atomic mass is 35.5. The fourth-order valence-corrected chi connectivity index (χ4v) is 11.1. The van der Waals surface area contributed by atoms with Gasteiger partial charge in [-0.3, -0.25) is 4.79 Å². The van der Waals surface area contributed by atoms with Gasteiger partial charge in [0.1, 0.15) is 6.10 Å². The topological polar surface area (TPSA) is 26.3 Å². The minimum Gasteiger partial charge on any atom is -0.462 e. The Bertz CT molecular complexity index is 1210. The van der Waals surface area contributed by atoms with Crippen molar-refractivity contribution >= 4 is 23.1 Å². The quantitative estimate of drug-likeness (QED) is 0.254. The Hall–Kier alpha value is -2.06. The number of esters is 1. The lowest BCUT2D eigenvalue weighted by Crippen LogP contribution is -2.60. The van der Waals surface area contributed by atoms with Crippen LogP contribution >= 0.6 is 11.6 Å². The van der Waals surface area contributed by atoms with Crippen molar-refractivity contribution in [2.75, 3.05) is 0 Å². The monoisotopic (exact) mass is 572 g/mol. The maximum atomic E-state index is 11.7. The van der Waals surface area contributed by atoms with Gasteiger partial charge in [0.05, 0.1) is 4.87 Å². The van der Waals surface area contributed by atoms with Crippen molar-refractivity contribution in [2.45, 2.75) is 103 Å². The molecule has 4 saturated carbocycles. The Labute approximate surface area is 253 Å². The molecular weight excluding hydrogens is 524 g/mol. The number of fused-ring (bicyclic) bond motifs is 5. The van der Waals surface area contributed by atoms with Crippen LogP contribution in [0, 0.1) is 40.4 Å². The average Bonchev–Trinajstić information content (AvgIpc) is 3.32. The largest absolute Gasteiger partial charge is 0.462 e.